The maximum atomic E-state index is 4.94. The molecular weight excluding hydrogens is 360 g/mol. The summed E-state index contributed by atoms with van der Waals surface area (Å²) in [4.78, 5) is 9.32. The molecule has 2 aromatic heterocycles. The molecule has 6 nitrogen and oxygen atoms in total. The van der Waals surface area contributed by atoms with Crippen LogP contribution in [0.5, 0.6) is 0 Å². The Kier molecular flexibility index (Phi) is 5.97. The van der Waals surface area contributed by atoms with Gasteiger partial charge in [0.2, 0.25) is 5.95 Å². The van der Waals surface area contributed by atoms with Crippen molar-refractivity contribution < 1.29 is 0 Å². The summed E-state index contributed by atoms with van der Waals surface area (Å²) in [6.45, 7) is 9.06. The number of aromatic nitrogens is 5. The van der Waals surface area contributed by atoms with Gasteiger partial charge in [-0.2, -0.15) is 4.98 Å². The van der Waals surface area contributed by atoms with Crippen molar-refractivity contribution in [2.75, 3.05) is 5.32 Å². The molecule has 0 bridgehead atoms. The number of anilines is 1. The standard InChI is InChI=1S/C23H32N6/c1-4-6-9-18(5-2)21-10-7-8-13-29-22(21)26-23(27-29)25-19-11-12-20(14-19)28-15-17(3)24-16-28/h4-6,9,15-16,19-21H,2,7-8,10-14H2,1,3H3,(H,25,27)/b6-4-,18-9+. The zero-order valence-electron chi connectivity index (χ0n) is 17.6. The number of imidazole rings is 1. The van der Waals surface area contributed by atoms with Gasteiger partial charge < -0.3 is 9.88 Å². The smallest absolute Gasteiger partial charge is 0.242 e. The lowest BCUT2D eigenvalue weighted by Crippen LogP contribution is -2.17. The lowest BCUT2D eigenvalue weighted by atomic mass is 9.93. The largest absolute Gasteiger partial charge is 0.350 e. The van der Waals surface area contributed by atoms with E-state index >= 15 is 0 Å². The van der Waals surface area contributed by atoms with Gasteiger partial charge in [-0.05, 0) is 51.5 Å². The first-order valence-corrected chi connectivity index (χ1v) is 10.8. The summed E-state index contributed by atoms with van der Waals surface area (Å²) in [6.07, 6.45) is 19.2. The van der Waals surface area contributed by atoms with E-state index in [1.54, 1.807) is 0 Å². The zero-order chi connectivity index (χ0) is 20.2. The van der Waals surface area contributed by atoms with Crippen molar-refractivity contribution in [2.24, 2.45) is 0 Å². The van der Waals surface area contributed by atoms with Gasteiger partial charge in [-0.1, -0.05) is 37.3 Å². The molecule has 2 aliphatic rings. The van der Waals surface area contributed by atoms with E-state index in [0.717, 1.165) is 56.1 Å². The molecule has 29 heavy (non-hydrogen) atoms. The molecule has 0 saturated heterocycles. The van der Waals surface area contributed by atoms with Gasteiger partial charge >= 0.3 is 0 Å². The van der Waals surface area contributed by atoms with Crippen molar-refractivity contribution >= 4 is 5.95 Å². The van der Waals surface area contributed by atoms with E-state index in [4.69, 9.17) is 10.1 Å². The molecule has 1 aliphatic carbocycles. The van der Waals surface area contributed by atoms with Crippen molar-refractivity contribution in [2.45, 2.75) is 76.9 Å². The summed E-state index contributed by atoms with van der Waals surface area (Å²) in [6, 6.07) is 0.920. The molecule has 0 spiro atoms. The number of hydrogen-bond acceptors (Lipinski definition) is 4. The second-order valence-electron chi connectivity index (χ2n) is 8.23. The highest BCUT2D eigenvalue weighted by Crippen LogP contribution is 2.34. The van der Waals surface area contributed by atoms with Crippen molar-refractivity contribution in [1.82, 2.24) is 24.3 Å². The Morgan fingerprint density at radius 3 is 2.93 bits per heavy atom. The Hall–Kier alpha value is -2.63. The van der Waals surface area contributed by atoms with Crippen LogP contribution >= 0.6 is 0 Å². The molecular formula is C23H32N6. The molecule has 1 fully saturated rings. The third kappa shape index (κ3) is 4.36. The number of nitrogens with zero attached hydrogens (tertiary/aromatic N) is 5. The van der Waals surface area contributed by atoms with Crippen LogP contribution in [0.2, 0.25) is 0 Å². The highest BCUT2D eigenvalue weighted by Gasteiger charge is 2.29. The Morgan fingerprint density at radius 2 is 2.17 bits per heavy atom. The van der Waals surface area contributed by atoms with Crippen molar-refractivity contribution in [3.05, 3.63) is 60.5 Å². The maximum absolute atomic E-state index is 4.94. The van der Waals surface area contributed by atoms with E-state index in [0.29, 0.717) is 12.1 Å². The molecule has 3 unspecified atom stereocenters. The zero-order valence-corrected chi connectivity index (χ0v) is 17.6. The van der Waals surface area contributed by atoms with Crippen molar-refractivity contribution in [3.63, 3.8) is 0 Å². The van der Waals surface area contributed by atoms with Gasteiger partial charge in [-0.25, -0.2) is 9.67 Å². The molecule has 4 rings (SSSR count). The van der Waals surface area contributed by atoms with Crippen LogP contribution in [-0.4, -0.2) is 30.4 Å². The predicted octanol–water partition coefficient (Wildman–Crippen LogP) is 4.94. The molecule has 3 atom stereocenters. The molecule has 0 amide bonds. The first-order valence-electron chi connectivity index (χ1n) is 10.8. The molecule has 1 N–H and O–H groups in total. The number of allylic oxidation sites excluding steroid dienone is 5. The first kappa shape index (κ1) is 19.7. The predicted molar refractivity (Wildman–Crippen MR) is 117 cm³/mol. The molecule has 2 aromatic rings. The number of aryl methyl sites for hydroxylation is 2. The van der Waals surface area contributed by atoms with Crippen LogP contribution in [0.1, 0.15) is 68.9 Å². The van der Waals surface area contributed by atoms with Crippen LogP contribution in [0, 0.1) is 6.92 Å². The maximum Gasteiger partial charge on any atom is 0.242 e. The van der Waals surface area contributed by atoms with Gasteiger partial charge in [-0.3, -0.25) is 0 Å². The second kappa shape index (κ2) is 8.80. The summed E-state index contributed by atoms with van der Waals surface area (Å²) in [7, 11) is 0. The van der Waals surface area contributed by atoms with Gasteiger partial charge in [0, 0.05) is 30.7 Å². The molecule has 0 aromatic carbocycles. The van der Waals surface area contributed by atoms with Gasteiger partial charge in [-0.15, -0.1) is 5.10 Å². The van der Waals surface area contributed by atoms with E-state index in [1.807, 2.05) is 26.3 Å². The SMILES string of the molecule is C=C/C(=C\C=C/C)C1CCCCn2nc(NC3CCC(n4cnc(C)c4)C3)nc21. The second-order valence-corrected chi connectivity index (χ2v) is 8.23. The topological polar surface area (TPSA) is 60.6 Å². The fourth-order valence-corrected chi connectivity index (χ4v) is 4.61. The fourth-order valence-electron chi connectivity index (χ4n) is 4.61. The third-order valence-corrected chi connectivity index (χ3v) is 6.13. The number of fused-ring (bicyclic) bond motifs is 1. The normalized spacial score (nSPS) is 25.2. The highest BCUT2D eigenvalue weighted by atomic mass is 15.4. The van der Waals surface area contributed by atoms with E-state index in [9.17, 15) is 0 Å². The number of nitrogens with one attached hydrogen (secondary N) is 1. The quantitative estimate of drug-likeness (QED) is 0.707. The summed E-state index contributed by atoms with van der Waals surface area (Å²) in [5, 5.41) is 8.43. The Balaban J connectivity index is 1.49. The average molecular weight is 393 g/mol. The highest BCUT2D eigenvalue weighted by molar-refractivity contribution is 5.35. The minimum Gasteiger partial charge on any atom is -0.350 e. The van der Waals surface area contributed by atoms with Gasteiger partial charge in [0.05, 0.1) is 12.0 Å². The Bertz CT molecular complexity index is 902. The van der Waals surface area contributed by atoms with Crippen molar-refractivity contribution in [3.8, 4) is 0 Å². The minimum atomic E-state index is 0.263. The van der Waals surface area contributed by atoms with Crippen LogP contribution < -0.4 is 5.32 Å². The van der Waals surface area contributed by atoms with Crippen molar-refractivity contribution in [1.29, 1.82) is 0 Å². The van der Waals surface area contributed by atoms with Crippen LogP contribution in [0.15, 0.2) is 49.0 Å². The van der Waals surface area contributed by atoms with Gasteiger partial charge in [0.25, 0.3) is 0 Å². The van der Waals surface area contributed by atoms with Crippen LogP contribution in [0.3, 0.4) is 0 Å². The minimum absolute atomic E-state index is 0.263. The average Bonchev–Trinajstić information content (AvgIpc) is 3.42. The molecule has 6 heteroatoms. The Morgan fingerprint density at radius 1 is 1.28 bits per heavy atom. The molecule has 3 heterocycles. The summed E-state index contributed by atoms with van der Waals surface area (Å²) < 4.78 is 4.36. The van der Waals surface area contributed by atoms with E-state index < -0.39 is 0 Å². The first-order chi connectivity index (χ1) is 14.2. The monoisotopic (exact) mass is 392 g/mol. The summed E-state index contributed by atoms with van der Waals surface area (Å²) in [5.41, 5.74) is 2.30. The van der Waals surface area contributed by atoms with Gasteiger partial charge in [0.15, 0.2) is 0 Å². The van der Waals surface area contributed by atoms with E-state index in [-0.39, 0.29) is 5.92 Å². The lowest BCUT2D eigenvalue weighted by molar-refractivity contribution is 0.512. The summed E-state index contributed by atoms with van der Waals surface area (Å²) >= 11 is 0. The van der Waals surface area contributed by atoms with Crippen LogP contribution in [0.4, 0.5) is 5.95 Å². The van der Waals surface area contributed by atoms with E-state index in [2.05, 4.69) is 50.6 Å². The van der Waals surface area contributed by atoms with Crippen LogP contribution in [0.25, 0.3) is 0 Å². The fraction of sp³-hybridized carbons (Fsp3) is 0.522. The molecule has 154 valence electrons. The number of hydrogen-bond donors (Lipinski definition) is 1. The molecule has 1 aliphatic heterocycles. The summed E-state index contributed by atoms with van der Waals surface area (Å²) in [5.74, 6) is 2.11. The van der Waals surface area contributed by atoms with Gasteiger partial charge in [0.1, 0.15) is 5.82 Å². The third-order valence-electron chi connectivity index (χ3n) is 6.13. The van der Waals surface area contributed by atoms with E-state index in [1.165, 1.54) is 12.0 Å². The lowest BCUT2D eigenvalue weighted by Gasteiger charge is -2.15. The van der Waals surface area contributed by atoms with Crippen LogP contribution in [-0.2, 0) is 6.54 Å². The molecule has 0 radical (unpaired) electrons. The molecule has 1 saturated carbocycles. The number of rotatable bonds is 6. The Labute approximate surface area is 173 Å².